The lowest BCUT2D eigenvalue weighted by molar-refractivity contribution is -0.122. The van der Waals surface area contributed by atoms with Crippen LogP contribution in [0, 0.1) is 0 Å². The summed E-state index contributed by atoms with van der Waals surface area (Å²) < 4.78 is 33.7. The van der Waals surface area contributed by atoms with Crippen molar-refractivity contribution in [1.82, 2.24) is 9.62 Å². The number of methoxy groups -OCH3 is 1. The molecule has 180 valence electrons. The van der Waals surface area contributed by atoms with Crippen LogP contribution in [0.1, 0.15) is 50.6 Å². The topological polar surface area (TPSA) is 75.7 Å². The molecule has 1 amide bonds. The monoisotopic (exact) mass is 510 g/mol. The summed E-state index contributed by atoms with van der Waals surface area (Å²) >= 11 is 7.85. The summed E-state index contributed by atoms with van der Waals surface area (Å²) in [6.07, 6.45) is 6.45. The number of sulfonamides is 1. The van der Waals surface area contributed by atoms with Crippen LogP contribution in [0.5, 0.6) is 5.75 Å². The van der Waals surface area contributed by atoms with E-state index in [1.807, 2.05) is 37.4 Å². The van der Waals surface area contributed by atoms with Gasteiger partial charge in [-0.2, -0.15) is 4.31 Å². The Hall–Kier alpha value is -1.74. The maximum Gasteiger partial charge on any atom is 0.243 e. The predicted molar refractivity (Wildman–Crippen MR) is 134 cm³/mol. The molecule has 1 unspecified atom stereocenters. The predicted octanol–water partition coefficient (Wildman–Crippen LogP) is 5.27. The molecule has 1 N–H and O–H groups in total. The fraction of sp³-hybridized carbons (Fsp3) is 0.458. The minimum atomic E-state index is -3.92. The molecule has 1 atom stereocenters. The Labute approximate surface area is 206 Å². The molecular formula is C24H31ClN2O4S2. The van der Waals surface area contributed by atoms with Gasteiger partial charge in [0.25, 0.3) is 0 Å². The molecule has 0 aromatic heterocycles. The van der Waals surface area contributed by atoms with E-state index in [4.69, 9.17) is 16.3 Å². The molecule has 2 aromatic carbocycles. The molecule has 33 heavy (non-hydrogen) atoms. The lowest BCUT2D eigenvalue weighted by atomic mass is 9.95. The smallest absolute Gasteiger partial charge is 0.243 e. The molecule has 1 aliphatic rings. The van der Waals surface area contributed by atoms with Crippen molar-refractivity contribution >= 4 is 39.3 Å². The Morgan fingerprint density at radius 3 is 2.42 bits per heavy atom. The van der Waals surface area contributed by atoms with Gasteiger partial charge in [0, 0.05) is 10.9 Å². The van der Waals surface area contributed by atoms with Crippen molar-refractivity contribution in [3.8, 4) is 5.75 Å². The quantitative estimate of drug-likeness (QED) is 0.465. The van der Waals surface area contributed by atoms with Gasteiger partial charge in [0.15, 0.2) is 0 Å². The van der Waals surface area contributed by atoms with Gasteiger partial charge in [-0.3, -0.25) is 4.79 Å². The number of halogens is 1. The van der Waals surface area contributed by atoms with Crippen molar-refractivity contribution in [2.24, 2.45) is 0 Å². The average Bonchev–Trinajstić information content (AvgIpc) is 2.83. The first-order chi connectivity index (χ1) is 15.8. The van der Waals surface area contributed by atoms with Gasteiger partial charge in [0.2, 0.25) is 15.9 Å². The molecule has 1 saturated carbocycles. The molecule has 0 heterocycles. The third-order valence-electron chi connectivity index (χ3n) is 6.00. The van der Waals surface area contributed by atoms with Gasteiger partial charge in [-0.15, -0.1) is 11.8 Å². The molecule has 3 rings (SSSR count). The van der Waals surface area contributed by atoms with Crippen molar-refractivity contribution in [2.75, 3.05) is 19.9 Å². The number of carbonyl (C=O) groups is 1. The van der Waals surface area contributed by atoms with Gasteiger partial charge in [-0.1, -0.05) is 43.0 Å². The van der Waals surface area contributed by atoms with Crippen LogP contribution < -0.4 is 10.1 Å². The number of rotatable bonds is 9. The maximum atomic E-state index is 13.6. The highest BCUT2D eigenvalue weighted by Gasteiger charge is 2.34. The van der Waals surface area contributed by atoms with Crippen LogP contribution in [0.25, 0.3) is 0 Å². The van der Waals surface area contributed by atoms with Crippen LogP contribution in [-0.4, -0.2) is 44.6 Å². The molecule has 1 fully saturated rings. The van der Waals surface area contributed by atoms with Crippen LogP contribution in [0.15, 0.2) is 52.3 Å². The zero-order valence-corrected chi connectivity index (χ0v) is 21.6. The van der Waals surface area contributed by atoms with E-state index in [2.05, 4.69) is 5.32 Å². The van der Waals surface area contributed by atoms with Crippen molar-refractivity contribution in [3.05, 3.63) is 53.1 Å². The van der Waals surface area contributed by atoms with Crippen LogP contribution in [0.4, 0.5) is 0 Å². The Balaban J connectivity index is 1.81. The number of ether oxygens (including phenoxy) is 1. The van der Waals surface area contributed by atoms with Gasteiger partial charge >= 0.3 is 0 Å². The minimum Gasteiger partial charge on any atom is -0.495 e. The highest BCUT2D eigenvalue weighted by Crippen LogP contribution is 2.32. The van der Waals surface area contributed by atoms with Crippen LogP contribution in [0.3, 0.4) is 0 Å². The molecule has 0 radical (unpaired) electrons. The normalized spacial score (nSPS) is 15.9. The number of hydrogen-bond acceptors (Lipinski definition) is 5. The van der Waals surface area contributed by atoms with E-state index in [-0.39, 0.29) is 34.5 Å². The second-order valence-electron chi connectivity index (χ2n) is 8.20. The molecule has 0 saturated heterocycles. The van der Waals surface area contributed by atoms with Crippen molar-refractivity contribution in [1.29, 1.82) is 0 Å². The molecule has 9 heteroatoms. The van der Waals surface area contributed by atoms with Crippen LogP contribution in [0.2, 0.25) is 5.02 Å². The molecule has 0 aliphatic heterocycles. The minimum absolute atomic E-state index is 0.0624. The zero-order chi connectivity index (χ0) is 24.0. The molecule has 0 spiro atoms. The SMILES string of the molecule is COc1ccc(S(=O)(=O)N(CC(=O)NC(C)c2ccc(SC)cc2)C2CCCCC2)cc1Cl. The molecular weight excluding hydrogens is 480 g/mol. The van der Waals surface area contributed by atoms with E-state index in [1.165, 1.54) is 29.6 Å². The second-order valence-corrected chi connectivity index (χ2v) is 11.4. The summed E-state index contributed by atoms with van der Waals surface area (Å²) in [5.41, 5.74) is 0.968. The zero-order valence-electron chi connectivity index (χ0n) is 19.2. The summed E-state index contributed by atoms with van der Waals surface area (Å²) in [7, 11) is -2.45. The summed E-state index contributed by atoms with van der Waals surface area (Å²) in [4.78, 5) is 14.2. The molecule has 1 aliphatic carbocycles. The maximum absolute atomic E-state index is 13.6. The molecule has 0 bridgehead atoms. The van der Waals surface area contributed by atoms with E-state index in [0.29, 0.717) is 5.75 Å². The third-order valence-corrected chi connectivity index (χ3v) is 8.94. The van der Waals surface area contributed by atoms with Crippen molar-refractivity contribution in [2.45, 2.75) is 60.9 Å². The van der Waals surface area contributed by atoms with E-state index >= 15 is 0 Å². The van der Waals surface area contributed by atoms with Crippen molar-refractivity contribution < 1.29 is 17.9 Å². The summed E-state index contributed by atoms with van der Waals surface area (Å²) in [6.45, 7) is 1.67. The van der Waals surface area contributed by atoms with Gasteiger partial charge < -0.3 is 10.1 Å². The van der Waals surface area contributed by atoms with Gasteiger partial charge in [0.05, 0.1) is 29.6 Å². The van der Waals surface area contributed by atoms with Crippen LogP contribution >= 0.6 is 23.4 Å². The summed E-state index contributed by atoms with van der Waals surface area (Å²) in [5.74, 6) is 0.0732. The second kappa shape index (κ2) is 11.6. The lowest BCUT2D eigenvalue weighted by Crippen LogP contribution is -2.47. The van der Waals surface area contributed by atoms with E-state index < -0.39 is 10.0 Å². The Bertz CT molecular complexity index is 1050. The fourth-order valence-electron chi connectivity index (χ4n) is 4.13. The largest absolute Gasteiger partial charge is 0.495 e. The first kappa shape index (κ1) is 25.9. The number of hydrogen-bond donors (Lipinski definition) is 1. The summed E-state index contributed by atoms with van der Waals surface area (Å²) in [5, 5.41) is 3.18. The number of carbonyl (C=O) groups excluding carboxylic acids is 1. The molecule has 6 nitrogen and oxygen atoms in total. The van der Waals surface area contributed by atoms with Gasteiger partial charge in [-0.05, 0) is 61.9 Å². The Morgan fingerprint density at radius 1 is 1.18 bits per heavy atom. The van der Waals surface area contributed by atoms with Crippen LogP contribution in [-0.2, 0) is 14.8 Å². The Kier molecular flexibility index (Phi) is 9.09. The molecule has 2 aromatic rings. The van der Waals surface area contributed by atoms with E-state index in [0.717, 1.165) is 42.6 Å². The standard InChI is InChI=1S/C24H31ClN2O4S2/c1-17(18-9-11-20(32-3)12-10-18)26-24(28)16-27(19-7-5-4-6-8-19)33(29,30)21-13-14-23(31-2)22(25)15-21/h9-15,17,19H,4-8,16H2,1-3H3,(H,26,28). The first-order valence-corrected chi connectivity index (χ1v) is 14.1. The highest BCUT2D eigenvalue weighted by molar-refractivity contribution is 7.98. The number of nitrogens with zero attached hydrogens (tertiary/aromatic N) is 1. The lowest BCUT2D eigenvalue weighted by Gasteiger charge is -2.33. The van der Waals surface area contributed by atoms with E-state index in [1.54, 1.807) is 11.8 Å². The van der Waals surface area contributed by atoms with Crippen molar-refractivity contribution in [3.63, 3.8) is 0 Å². The van der Waals surface area contributed by atoms with Gasteiger partial charge in [0.1, 0.15) is 5.75 Å². The average molecular weight is 511 g/mol. The number of benzene rings is 2. The fourth-order valence-corrected chi connectivity index (χ4v) is 6.53. The van der Waals surface area contributed by atoms with Gasteiger partial charge in [-0.25, -0.2) is 8.42 Å². The third kappa shape index (κ3) is 6.44. The number of amides is 1. The number of thioether (sulfide) groups is 1. The summed E-state index contributed by atoms with van der Waals surface area (Å²) in [6, 6.07) is 11.9. The highest BCUT2D eigenvalue weighted by atomic mass is 35.5. The first-order valence-electron chi connectivity index (χ1n) is 11.0. The number of nitrogens with one attached hydrogen (secondary N) is 1. The van der Waals surface area contributed by atoms with E-state index in [9.17, 15) is 13.2 Å². The Morgan fingerprint density at radius 2 is 1.85 bits per heavy atom.